The summed E-state index contributed by atoms with van der Waals surface area (Å²) in [5.74, 6) is 0.492. The molecule has 2 amide bonds. The van der Waals surface area contributed by atoms with Gasteiger partial charge >= 0.3 is 6.09 Å². The summed E-state index contributed by atoms with van der Waals surface area (Å²) in [4.78, 5) is 22.4. The number of methoxy groups -OCH3 is 1. The Morgan fingerprint density at radius 2 is 1.94 bits per heavy atom. The van der Waals surface area contributed by atoms with Gasteiger partial charge in [-0.25, -0.2) is 4.79 Å². The second-order valence-electron chi connectivity index (χ2n) is 5.57. The van der Waals surface area contributed by atoms with Gasteiger partial charge in [0.1, 0.15) is 0 Å². The molecule has 0 aromatic rings. The monoisotopic (exact) mass is 256 g/mol. The van der Waals surface area contributed by atoms with Crippen molar-refractivity contribution in [1.82, 2.24) is 10.6 Å². The number of ether oxygens (including phenoxy) is 1. The minimum Gasteiger partial charge on any atom is -0.453 e. The van der Waals surface area contributed by atoms with Gasteiger partial charge in [-0.2, -0.15) is 0 Å². The molecule has 1 aliphatic carbocycles. The molecule has 0 atom stereocenters. The molecule has 1 saturated carbocycles. The fourth-order valence-corrected chi connectivity index (χ4v) is 2.57. The molecule has 1 rings (SSSR count). The third kappa shape index (κ3) is 4.55. The van der Waals surface area contributed by atoms with Crippen molar-refractivity contribution >= 4 is 12.0 Å². The Kier molecular flexibility index (Phi) is 5.44. The fourth-order valence-electron chi connectivity index (χ4n) is 2.57. The van der Waals surface area contributed by atoms with Gasteiger partial charge in [0.15, 0.2) is 0 Å². The van der Waals surface area contributed by atoms with Crippen LogP contribution in [0.1, 0.15) is 39.5 Å². The Hall–Kier alpha value is -1.26. The molecule has 0 heterocycles. The molecular weight excluding hydrogens is 232 g/mol. The van der Waals surface area contributed by atoms with Crippen molar-refractivity contribution in [3.8, 4) is 0 Å². The molecule has 0 unspecified atom stereocenters. The van der Waals surface area contributed by atoms with E-state index in [-0.39, 0.29) is 17.9 Å². The molecular formula is C13H24N2O3. The number of amides is 2. The zero-order chi connectivity index (χ0) is 13.6. The van der Waals surface area contributed by atoms with Gasteiger partial charge in [-0.15, -0.1) is 0 Å². The highest BCUT2D eigenvalue weighted by Crippen LogP contribution is 2.45. The molecule has 0 aromatic heterocycles. The van der Waals surface area contributed by atoms with Crippen LogP contribution in [0.2, 0.25) is 0 Å². The van der Waals surface area contributed by atoms with Gasteiger partial charge in [0, 0.05) is 6.54 Å². The summed E-state index contributed by atoms with van der Waals surface area (Å²) < 4.78 is 4.40. The van der Waals surface area contributed by atoms with Crippen molar-refractivity contribution < 1.29 is 14.3 Å². The SMILES string of the molecule is COC(=O)NCC(=O)NCC1(CC(C)C)CCC1. The van der Waals surface area contributed by atoms with Crippen molar-refractivity contribution in [3.05, 3.63) is 0 Å². The second kappa shape index (κ2) is 6.61. The zero-order valence-electron chi connectivity index (χ0n) is 11.5. The highest BCUT2D eigenvalue weighted by Gasteiger charge is 2.37. The molecule has 2 N–H and O–H groups in total. The summed E-state index contributed by atoms with van der Waals surface area (Å²) in [6.07, 6.45) is 4.21. The van der Waals surface area contributed by atoms with E-state index in [0.717, 1.165) is 6.42 Å². The van der Waals surface area contributed by atoms with E-state index in [1.807, 2.05) is 0 Å². The Morgan fingerprint density at radius 1 is 1.28 bits per heavy atom. The molecule has 1 aliphatic rings. The highest BCUT2D eigenvalue weighted by atomic mass is 16.5. The van der Waals surface area contributed by atoms with E-state index in [2.05, 4.69) is 29.2 Å². The minimum atomic E-state index is -0.578. The summed E-state index contributed by atoms with van der Waals surface area (Å²) in [7, 11) is 1.28. The molecule has 0 aliphatic heterocycles. The predicted molar refractivity (Wildman–Crippen MR) is 69.2 cm³/mol. The maximum absolute atomic E-state index is 11.6. The first-order chi connectivity index (χ1) is 8.47. The number of alkyl carbamates (subject to hydrolysis) is 1. The maximum Gasteiger partial charge on any atom is 0.407 e. The Balaban J connectivity index is 2.26. The maximum atomic E-state index is 11.6. The van der Waals surface area contributed by atoms with Gasteiger partial charge < -0.3 is 15.4 Å². The summed E-state index contributed by atoms with van der Waals surface area (Å²) >= 11 is 0. The molecule has 5 heteroatoms. The Labute approximate surface area is 109 Å². The van der Waals surface area contributed by atoms with Crippen molar-refractivity contribution in [1.29, 1.82) is 0 Å². The van der Waals surface area contributed by atoms with E-state index in [1.165, 1.54) is 26.4 Å². The van der Waals surface area contributed by atoms with Crippen LogP contribution in [0, 0.1) is 11.3 Å². The smallest absolute Gasteiger partial charge is 0.407 e. The average Bonchev–Trinajstić information content (AvgIpc) is 2.28. The van der Waals surface area contributed by atoms with E-state index >= 15 is 0 Å². The van der Waals surface area contributed by atoms with Crippen LogP contribution in [0.5, 0.6) is 0 Å². The van der Waals surface area contributed by atoms with Crippen molar-refractivity contribution in [2.75, 3.05) is 20.2 Å². The van der Waals surface area contributed by atoms with Crippen LogP contribution < -0.4 is 10.6 Å². The first-order valence-electron chi connectivity index (χ1n) is 6.56. The summed E-state index contributed by atoms with van der Waals surface area (Å²) in [5, 5.41) is 5.27. The number of nitrogens with one attached hydrogen (secondary N) is 2. The van der Waals surface area contributed by atoms with Crippen LogP contribution in [0.25, 0.3) is 0 Å². The van der Waals surface area contributed by atoms with Crippen LogP contribution >= 0.6 is 0 Å². The lowest BCUT2D eigenvalue weighted by Gasteiger charge is -2.43. The standard InChI is InChI=1S/C13H24N2O3/c1-10(2)7-13(5-4-6-13)9-15-11(16)8-14-12(17)18-3/h10H,4-9H2,1-3H3,(H,14,17)(H,15,16). The lowest BCUT2D eigenvalue weighted by Crippen LogP contribution is -2.45. The molecule has 5 nitrogen and oxygen atoms in total. The van der Waals surface area contributed by atoms with Gasteiger partial charge in [-0.3, -0.25) is 4.79 Å². The van der Waals surface area contributed by atoms with Crippen LogP contribution in [0.4, 0.5) is 4.79 Å². The van der Waals surface area contributed by atoms with E-state index in [1.54, 1.807) is 0 Å². The van der Waals surface area contributed by atoms with Crippen molar-refractivity contribution in [3.63, 3.8) is 0 Å². The average molecular weight is 256 g/mol. The van der Waals surface area contributed by atoms with E-state index in [9.17, 15) is 9.59 Å². The topological polar surface area (TPSA) is 67.4 Å². The molecule has 1 fully saturated rings. The zero-order valence-corrected chi connectivity index (χ0v) is 11.5. The number of carbonyl (C=O) groups is 2. The van der Waals surface area contributed by atoms with Crippen LogP contribution in [0.3, 0.4) is 0 Å². The minimum absolute atomic E-state index is 0.0234. The molecule has 0 bridgehead atoms. The van der Waals surface area contributed by atoms with E-state index in [4.69, 9.17) is 0 Å². The van der Waals surface area contributed by atoms with E-state index in [0.29, 0.717) is 12.5 Å². The largest absolute Gasteiger partial charge is 0.453 e. The van der Waals surface area contributed by atoms with Crippen molar-refractivity contribution in [2.24, 2.45) is 11.3 Å². The summed E-state index contributed by atoms with van der Waals surface area (Å²) in [5.41, 5.74) is 0.287. The quantitative estimate of drug-likeness (QED) is 0.759. The summed E-state index contributed by atoms with van der Waals surface area (Å²) in [6.45, 7) is 5.11. The lowest BCUT2D eigenvalue weighted by molar-refractivity contribution is -0.121. The predicted octanol–water partition coefficient (Wildman–Crippen LogP) is 1.67. The van der Waals surface area contributed by atoms with Crippen LogP contribution in [0.15, 0.2) is 0 Å². The van der Waals surface area contributed by atoms with Crippen LogP contribution in [-0.4, -0.2) is 32.2 Å². The Bertz CT molecular complexity index is 299. The molecule has 0 aromatic carbocycles. The third-order valence-electron chi connectivity index (χ3n) is 3.49. The molecule has 0 spiro atoms. The fraction of sp³-hybridized carbons (Fsp3) is 0.846. The lowest BCUT2D eigenvalue weighted by atomic mass is 9.64. The molecule has 0 saturated heterocycles. The van der Waals surface area contributed by atoms with Gasteiger partial charge in [0.25, 0.3) is 0 Å². The first kappa shape index (κ1) is 14.8. The van der Waals surface area contributed by atoms with Gasteiger partial charge in [-0.05, 0) is 30.6 Å². The van der Waals surface area contributed by atoms with E-state index < -0.39 is 6.09 Å². The van der Waals surface area contributed by atoms with Gasteiger partial charge in [-0.1, -0.05) is 20.3 Å². The normalized spacial score (nSPS) is 16.9. The van der Waals surface area contributed by atoms with Crippen molar-refractivity contribution in [2.45, 2.75) is 39.5 Å². The Morgan fingerprint density at radius 3 is 2.39 bits per heavy atom. The second-order valence-corrected chi connectivity index (χ2v) is 5.57. The van der Waals surface area contributed by atoms with Gasteiger partial charge in [0.2, 0.25) is 5.91 Å². The number of hydrogen-bond donors (Lipinski definition) is 2. The van der Waals surface area contributed by atoms with Gasteiger partial charge in [0.05, 0.1) is 13.7 Å². The first-order valence-corrected chi connectivity index (χ1v) is 6.56. The summed E-state index contributed by atoms with van der Waals surface area (Å²) in [6, 6.07) is 0. The molecule has 18 heavy (non-hydrogen) atoms. The highest BCUT2D eigenvalue weighted by molar-refractivity contribution is 5.82. The number of carbonyl (C=O) groups excluding carboxylic acids is 2. The molecule has 104 valence electrons. The number of rotatable bonds is 6. The third-order valence-corrected chi connectivity index (χ3v) is 3.49. The molecule has 0 radical (unpaired) electrons. The van der Waals surface area contributed by atoms with Crippen LogP contribution in [-0.2, 0) is 9.53 Å². The number of hydrogen-bond acceptors (Lipinski definition) is 3.